The van der Waals surface area contributed by atoms with Gasteiger partial charge in [-0.3, -0.25) is 4.79 Å². The molecule has 2 heteroatoms. The van der Waals surface area contributed by atoms with Gasteiger partial charge in [0.25, 0.3) is 0 Å². The molecular formula is C16H24O2. The Kier molecular flexibility index (Phi) is 6.48. The van der Waals surface area contributed by atoms with Crippen molar-refractivity contribution in [3.63, 3.8) is 0 Å². The second-order valence-electron chi connectivity index (χ2n) is 4.99. The topological polar surface area (TPSA) is 26.3 Å². The Balaban J connectivity index is 2.33. The van der Waals surface area contributed by atoms with Crippen LogP contribution in [0.2, 0.25) is 0 Å². The van der Waals surface area contributed by atoms with Crippen LogP contribution in [0.15, 0.2) is 24.3 Å². The zero-order valence-corrected chi connectivity index (χ0v) is 11.7. The van der Waals surface area contributed by atoms with Crippen molar-refractivity contribution >= 4 is 5.97 Å². The van der Waals surface area contributed by atoms with E-state index in [4.69, 9.17) is 0 Å². The van der Waals surface area contributed by atoms with Crippen molar-refractivity contribution in [1.29, 1.82) is 0 Å². The summed E-state index contributed by atoms with van der Waals surface area (Å²) in [5.41, 5.74) is 2.90. The van der Waals surface area contributed by atoms with E-state index in [0.717, 1.165) is 25.7 Å². The van der Waals surface area contributed by atoms with Gasteiger partial charge in [-0.15, -0.1) is 0 Å². The first kappa shape index (κ1) is 14.7. The van der Waals surface area contributed by atoms with E-state index in [1.165, 1.54) is 18.2 Å². The first-order chi connectivity index (χ1) is 8.65. The summed E-state index contributed by atoms with van der Waals surface area (Å²) >= 11 is 0. The molecule has 1 aromatic carbocycles. The molecule has 0 N–H and O–H groups in total. The second kappa shape index (κ2) is 7.91. The lowest BCUT2D eigenvalue weighted by atomic mass is 9.94. The molecule has 0 aliphatic heterocycles. The fourth-order valence-electron chi connectivity index (χ4n) is 2.19. The minimum atomic E-state index is -0.0995. The van der Waals surface area contributed by atoms with Crippen LogP contribution in [0, 0.1) is 0 Å². The molecule has 0 heterocycles. The summed E-state index contributed by atoms with van der Waals surface area (Å²) in [4.78, 5) is 11.0. The Morgan fingerprint density at radius 2 is 1.89 bits per heavy atom. The number of unbranched alkanes of at least 4 members (excludes halogenated alkanes) is 2. The molecule has 0 aliphatic rings. The minimum Gasteiger partial charge on any atom is -0.469 e. The van der Waals surface area contributed by atoms with Crippen molar-refractivity contribution in [2.75, 3.05) is 7.11 Å². The Hall–Kier alpha value is -1.31. The highest BCUT2D eigenvalue weighted by Gasteiger charge is 2.05. The van der Waals surface area contributed by atoms with Crippen molar-refractivity contribution in [2.24, 2.45) is 0 Å². The molecule has 1 rings (SSSR count). The van der Waals surface area contributed by atoms with Crippen LogP contribution in [0.3, 0.4) is 0 Å². The molecule has 0 fully saturated rings. The van der Waals surface area contributed by atoms with Crippen molar-refractivity contribution in [1.82, 2.24) is 0 Å². The van der Waals surface area contributed by atoms with Crippen molar-refractivity contribution in [3.8, 4) is 0 Å². The summed E-state index contributed by atoms with van der Waals surface area (Å²) in [7, 11) is 1.45. The van der Waals surface area contributed by atoms with Gasteiger partial charge in [0.15, 0.2) is 0 Å². The number of aryl methyl sites for hydroxylation is 1. The Morgan fingerprint density at radius 1 is 1.17 bits per heavy atom. The smallest absolute Gasteiger partial charge is 0.305 e. The van der Waals surface area contributed by atoms with E-state index in [1.807, 2.05) is 0 Å². The molecule has 0 amide bonds. The van der Waals surface area contributed by atoms with Crippen LogP contribution < -0.4 is 0 Å². The molecule has 100 valence electrons. The average molecular weight is 248 g/mol. The third-order valence-electron chi connectivity index (χ3n) is 3.23. The zero-order valence-electron chi connectivity index (χ0n) is 11.7. The van der Waals surface area contributed by atoms with Gasteiger partial charge >= 0.3 is 5.97 Å². The molecule has 0 atom stereocenters. The number of ether oxygens (including phenoxy) is 1. The molecule has 0 aliphatic carbocycles. The lowest BCUT2D eigenvalue weighted by Crippen LogP contribution is -2.00. The summed E-state index contributed by atoms with van der Waals surface area (Å²) in [6, 6.07) is 8.65. The van der Waals surface area contributed by atoms with E-state index in [1.54, 1.807) is 0 Å². The molecular weight excluding hydrogens is 224 g/mol. The summed E-state index contributed by atoms with van der Waals surface area (Å²) in [5, 5.41) is 0. The number of carbonyl (C=O) groups excluding carboxylic acids is 1. The van der Waals surface area contributed by atoms with Gasteiger partial charge in [-0.1, -0.05) is 44.5 Å². The van der Waals surface area contributed by atoms with Crippen LogP contribution in [-0.4, -0.2) is 13.1 Å². The van der Waals surface area contributed by atoms with Gasteiger partial charge in [0.05, 0.1) is 7.11 Å². The Morgan fingerprint density at radius 3 is 2.56 bits per heavy atom. The third kappa shape index (κ3) is 4.91. The van der Waals surface area contributed by atoms with E-state index >= 15 is 0 Å². The van der Waals surface area contributed by atoms with Crippen LogP contribution in [0.25, 0.3) is 0 Å². The number of hydrogen-bond donors (Lipinski definition) is 0. The fourth-order valence-corrected chi connectivity index (χ4v) is 2.19. The maximum Gasteiger partial charge on any atom is 0.305 e. The number of hydrogen-bond acceptors (Lipinski definition) is 2. The van der Waals surface area contributed by atoms with E-state index < -0.39 is 0 Å². The number of carbonyl (C=O) groups is 1. The summed E-state index contributed by atoms with van der Waals surface area (Å²) in [6.07, 6.45) is 4.80. The quantitative estimate of drug-likeness (QED) is 0.536. The largest absolute Gasteiger partial charge is 0.469 e. The molecule has 1 aromatic rings. The van der Waals surface area contributed by atoms with Crippen LogP contribution in [0.1, 0.15) is 56.6 Å². The highest BCUT2D eigenvalue weighted by Crippen LogP contribution is 2.21. The average Bonchev–Trinajstić information content (AvgIpc) is 2.38. The maximum atomic E-state index is 11.0. The molecule has 0 radical (unpaired) electrons. The molecule has 0 saturated carbocycles. The van der Waals surface area contributed by atoms with Crippen molar-refractivity contribution in [3.05, 3.63) is 35.4 Å². The number of benzene rings is 1. The molecule has 2 nitrogen and oxygen atoms in total. The Labute approximate surface area is 110 Å². The Bertz CT molecular complexity index is 369. The van der Waals surface area contributed by atoms with Crippen molar-refractivity contribution in [2.45, 2.75) is 51.9 Å². The number of methoxy groups -OCH3 is 1. The molecule has 0 spiro atoms. The van der Waals surface area contributed by atoms with Crippen LogP contribution >= 0.6 is 0 Å². The third-order valence-corrected chi connectivity index (χ3v) is 3.23. The number of rotatable bonds is 7. The van der Waals surface area contributed by atoms with Gasteiger partial charge in [-0.25, -0.2) is 0 Å². The fraction of sp³-hybridized carbons (Fsp3) is 0.562. The molecule has 0 unspecified atom stereocenters. The van der Waals surface area contributed by atoms with Gasteiger partial charge < -0.3 is 4.74 Å². The lowest BCUT2D eigenvalue weighted by molar-refractivity contribution is -0.140. The van der Waals surface area contributed by atoms with Crippen molar-refractivity contribution < 1.29 is 9.53 Å². The van der Waals surface area contributed by atoms with E-state index in [9.17, 15) is 4.79 Å². The molecule has 18 heavy (non-hydrogen) atoms. The van der Waals surface area contributed by atoms with Crippen LogP contribution in [0.4, 0.5) is 0 Å². The van der Waals surface area contributed by atoms with Gasteiger partial charge in [-0.2, -0.15) is 0 Å². The van der Waals surface area contributed by atoms with Gasteiger partial charge in [0.2, 0.25) is 0 Å². The molecule has 0 saturated heterocycles. The molecule has 0 bridgehead atoms. The van der Waals surface area contributed by atoms with Crippen LogP contribution in [0.5, 0.6) is 0 Å². The highest BCUT2D eigenvalue weighted by atomic mass is 16.5. The molecule has 0 aromatic heterocycles. The van der Waals surface area contributed by atoms with Gasteiger partial charge in [0, 0.05) is 6.42 Å². The highest BCUT2D eigenvalue weighted by molar-refractivity contribution is 5.68. The maximum absolute atomic E-state index is 11.0. The first-order valence-corrected chi connectivity index (χ1v) is 6.79. The SMILES string of the molecule is COC(=O)CCCCCc1ccccc1C(C)C. The summed E-state index contributed by atoms with van der Waals surface area (Å²) in [6.45, 7) is 4.46. The van der Waals surface area contributed by atoms with Gasteiger partial charge in [-0.05, 0) is 36.3 Å². The minimum absolute atomic E-state index is 0.0995. The predicted molar refractivity (Wildman–Crippen MR) is 74.7 cm³/mol. The van der Waals surface area contributed by atoms with Crippen LogP contribution in [-0.2, 0) is 16.0 Å². The predicted octanol–water partition coefficient (Wildman–Crippen LogP) is 4.09. The lowest BCUT2D eigenvalue weighted by Gasteiger charge is -2.12. The summed E-state index contributed by atoms with van der Waals surface area (Å²) in [5.74, 6) is 0.480. The monoisotopic (exact) mass is 248 g/mol. The first-order valence-electron chi connectivity index (χ1n) is 6.79. The van der Waals surface area contributed by atoms with Gasteiger partial charge in [0.1, 0.15) is 0 Å². The second-order valence-corrected chi connectivity index (χ2v) is 4.99. The van der Waals surface area contributed by atoms with E-state index in [2.05, 4.69) is 42.8 Å². The zero-order chi connectivity index (χ0) is 13.4. The normalized spacial score (nSPS) is 10.7. The number of esters is 1. The van der Waals surface area contributed by atoms with E-state index in [0.29, 0.717) is 12.3 Å². The summed E-state index contributed by atoms with van der Waals surface area (Å²) < 4.78 is 4.63. The van der Waals surface area contributed by atoms with E-state index in [-0.39, 0.29) is 5.97 Å². The standard InChI is InChI=1S/C16H24O2/c1-13(2)15-11-8-7-10-14(15)9-5-4-6-12-16(17)18-3/h7-8,10-11,13H,4-6,9,12H2,1-3H3.